The maximum atomic E-state index is 12.7. The van der Waals surface area contributed by atoms with E-state index < -0.39 is 0 Å². The number of hydrogen-bond acceptors (Lipinski definition) is 4. The van der Waals surface area contributed by atoms with Gasteiger partial charge in [0.05, 0.1) is 20.8 Å². The Kier molecular flexibility index (Phi) is 6.57. The van der Waals surface area contributed by atoms with Crippen molar-refractivity contribution in [3.05, 3.63) is 53.6 Å². The van der Waals surface area contributed by atoms with Crippen LogP contribution in [-0.2, 0) is 4.79 Å². The Morgan fingerprint density at radius 2 is 1.89 bits per heavy atom. The van der Waals surface area contributed by atoms with Crippen LogP contribution in [0.25, 0.3) is 0 Å². The average molecular weight is 383 g/mol. The molecule has 1 atom stereocenters. The number of benzene rings is 2. The van der Waals surface area contributed by atoms with Gasteiger partial charge in [0.25, 0.3) is 0 Å². The van der Waals surface area contributed by atoms with Crippen molar-refractivity contribution in [3.8, 4) is 11.5 Å². The monoisotopic (exact) mass is 382 g/mol. The second-order valence-corrected chi connectivity index (χ2v) is 7.53. The third-order valence-electron chi connectivity index (χ3n) is 5.36. The summed E-state index contributed by atoms with van der Waals surface area (Å²) in [6.07, 6.45) is 2.11. The molecule has 28 heavy (non-hydrogen) atoms. The van der Waals surface area contributed by atoms with E-state index in [1.807, 2.05) is 30.3 Å². The normalized spacial score (nSPS) is 17.0. The Morgan fingerprint density at radius 3 is 2.61 bits per heavy atom. The highest BCUT2D eigenvalue weighted by atomic mass is 16.5. The van der Waals surface area contributed by atoms with Gasteiger partial charge >= 0.3 is 0 Å². The number of anilines is 1. The third-order valence-corrected chi connectivity index (χ3v) is 5.36. The van der Waals surface area contributed by atoms with Gasteiger partial charge in [-0.25, -0.2) is 0 Å². The molecule has 1 unspecified atom stereocenters. The zero-order valence-corrected chi connectivity index (χ0v) is 17.2. The zero-order valence-electron chi connectivity index (χ0n) is 17.2. The molecule has 2 aromatic rings. The first-order chi connectivity index (χ1) is 13.5. The van der Waals surface area contributed by atoms with Crippen LogP contribution < -0.4 is 14.8 Å². The largest absolute Gasteiger partial charge is 0.493 e. The van der Waals surface area contributed by atoms with E-state index >= 15 is 0 Å². The van der Waals surface area contributed by atoms with Crippen molar-refractivity contribution in [1.82, 2.24) is 4.90 Å². The van der Waals surface area contributed by atoms with Crippen LogP contribution in [0.1, 0.15) is 49.8 Å². The molecule has 1 fully saturated rings. The SMILES string of the molecule is COc1ccc(C2CCCN2CC(=O)Nc2ccccc2C(C)C)cc1OC. The fourth-order valence-electron chi connectivity index (χ4n) is 3.94. The molecule has 1 saturated heterocycles. The second kappa shape index (κ2) is 9.11. The molecule has 1 amide bonds. The minimum absolute atomic E-state index is 0.0282. The summed E-state index contributed by atoms with van der Waals surface area (Å²) in [5.41, 5.74) is 3.23. The zero-order chi connectivity index (χ0) is 20.1. The molecule has 3 rings (SSSR count). The lowest BCUT2D eigenvalue weighted by Crippen LogP contribution is -2.33. The lowest BCUT2D eigenvalue weighted by atomic mass is 10.0. The number of methoxy groups -OCH3 is 2. The van der Waals surface area contributed by atoms with Crippen LogP contribution >= 0.6 is 0 Å². The van der Waals surface area contributed by atoms with Crippen molar-refractivity contribution in [2.75, 3.05) is 32.6 Å². The maximum Gasteiger partial charge on any atom is 0.238 e. The van der Waals surface area contributed by atoms with Crippen molar-refractivity contribution in [2.45, 2.75) is 38.6 Å². The van der Waals surface area contributed by atoms with Crippen molar-refractivity contribution in [3.63, 3.8) is 0 Å². The second-order valence-electron chi connectivity index (χ2n) is 7.53. The summed E-state index contributed by atoms with van der Waals surface area (Å²) < 4.78 is 10.8. The minimum Gasteiger partial charge on any atom is -0.493 e. The van der Waals surface area contributed by atoms with Gasteiger partial charge < -0.3 is 14.8 Å². The standard InChI is InChI=1S/C23H30N2O3/c1-16(2)18-8-5-6-9-19(18)24-23(26)15-25-13-7-10-20(25)17-11-12-21(27-3)22(14-17)28-4/h5-6,8-9,11-12,14,16,20H,7,10,13,15H2,1-4H3,(H,24,26). The first-order valence-corrected chi connectivity index (χ1v) is 9.88. The molecule has 0 aromatic heterocycles. The van der Waals surface area contributed by atoms with Crippen LogP contribution in [0.5, 0.6) is 11.5 Å². The van der Waals surface area contributed by atoms with Gasteiger partial charge in [0.2, 0.25) is 5.91 Å². The van der Waals surface area contributed by atoms with E-state index in [4.69, 9.17) is 9.47 Å². The molecule has 0 bridgehead atoms. The molecular weight excluding hydrogens is 352 g/mol. The minimum atomic E-state index is 0.0282. The van der Waals surface area contributed by atoms with Crippen LogP contribution in [0.2, 0.25) is 0 Å². The molecule has 1 N–H and O–H groups in total. The van der Waals surface area contributed by atoms with Crippen molar-refractivity contribution in [2.24, 2.45) is 0 Å². The molecule has 0 spiro atoms. The van der Waals surface area contributed by atoms with Crippen molar-refractivity contribution < 1.29 is 14.3 Å². The fraction of sp³-hybridized carbons (Fsp3) is 0.435. The molecule has 1 aliphatic rings. The average Bonchev–Trinajstić information content (AvgIpc) is 3.15. The van der Waals surface area contributed by atoms with Gasteiger partial charge in [-0.05, 0) is 54.6 Å². The Balaban J connectivity index is 1.71. The number of carbonyl (C=O) groups is 1. The van der Waals surface area contributed by atoms with Crippen LogP contribution in [0.3, 0.4) is 0 Å². The number of para-hydroxylation sites is 1. The Hall–Kier alpha value is -2.53. The first kappa shape index (κ1) is 20.2. The summed E-state index contributed by atoms with van der Waals surface area (Å²) in [6.45, 7) is 5.57. The van der Waals surface area contributed by atoms with Crippen LogP contribution in [0, 0.1) is 0 Å². The number of likely N-dealkylation sites (tertiary alicyclic amines) is 1. The van der Waals surface area contributed by atoms with Gasteiger partial charge in [-0.15, -0.1) is 0 Å². The summed E-state index contributed by atoms with van der Waals surface area (Å²) in [7, 11) is 3.28. The van der Waals surface area contributed by atoms with Gasteiger partial charge in [0.1, 0.15) is 0 Å². The van der Waals surface area contributed by atoms with Crippen LogP contribution in [0.4, 0.5) is 5.69 Å². The highest BCUT2D eigenvalue weighted by Crippen LogP contribution is 2.36. The quantitative estimate of drug-likeness (QED) is 0.760. The smallest absolute Gasteiger partial charge is 0.238 e. The van der Waals surface area contributed by atoms with Crippen molar-refractivity contribution >= 4 is 11.6 Å². The van der Waals surface area contributed by atoms with Crippen molar-refractivity contribution in [1.29, 1.82) is 0 Å². The number of nitrogens with zero attached hydrogens (tertiary/aromatic N) is 1. The highest BCUT2D eigenvalue weighted by molar-refractivity contribution is 5.93. The molecule has 1 heterocycles. The van der Waals surface area contributed by atoms with E-state index in [9.17, 15) is 4.79 Å². The molecule has 0 saturated carbocycles. The predicted molar refractivity (Wildman–Crippen MR) is 112 cm³/mol. The lowest BCUT2D eigenvalue weighted by molar-refractivity contribution is -0.117. The number of nitrogens with one attached hydrogen (secondary N) is 1. The van der Waals surface area contributed by atoms with E-state index in [-0.39, 0.29) is 11.9 Å². The molecule has 2 aromatic carbocycles. The maximum absolute atomic E-state index is 12.7. The topological polar surface area (TPSA) is 50.8 Å². The number of carbonyl (C=O) groups excluding carboxylic acids is 1. The third kappa shape index (κ3) is 4.47. The lowest BCUT2D eigenvalue weighted by Gasteiger charge is -2.25. The summed E-state index contributed by atoms with van der Waals surface area (Å²) in [6, 6.07) is 14.3. The van der Waals surface area contributed by atoms with Gasteiger partial charge in [0.15, 0.2) is 11.5 Å². The van der Waals surface area contributed by atoms with E-state index in [1.54, 1.807) is 14.2 Å². The first-order valence-electron chi connectivity index (χ1n) is 9.88. The van der Waals surface area contributed by atoms with Crippen LogP contribution in [-0.4, -0.2) is 38.1 Å². The number of ether oxygens (including phenoxy) is 2. The van der Waals surface area contributed by atoms with E-state index in [2.05, 4.69) is 36.2 Å². The van der Waals surface area contributed by atoms with E-state index in [0.717, 1.165) is 47.7 Å². The number of amides is 1. The number of rotatable bonds is 7. The molecule has 0 aliphatic carbocycles. The molecule has 5 nitrogen and oxygen atoms in total. The fourth-order valence-corrected chi connectivity index (χ4v) is 3.94. The van der Waals surface area contributed by atoms with E-state index in [0.29, 0.717) is 12.5 Å². The summed E-state index contributed by atoms with van der Waals surface area (Å²) in [5, 5.41) is 3.11. The van der Waals surface area contributed by atoms with Gasteiger partial charge in [-0.1, -0.05) is 38.1 Å². The molecule has 5 heteroatoms. The highest BCUT2D eigenvalue weighted by Gasteiger charge is 2.28. The van der Waals surface area contributed by atoms with Gasteiger partial charge in [-0.3, -0.25) is 9.69 Å². The van der Waals surface area contributed by atoms with Gasteiger partial charge in [0, 0.05) is 11.7 Å². The summed E-state index contributed by atoms with van der Waals surface area (Å²) in [5.74, 6) is 1.84. The molecular formula is C23H30N2O3. The Bertz CT molecular complexity index is 819. The van der Waals surface area contributed by atoms with Gasteiger partial charge in [-0.2, -0.15) is 0 Å². The Morgan fingerprint density at radius 1 is 1.14 bits per heavy atom. The molecule has 1 aliphatic heterocycles. The molecule has 0 radical (unpaired) electrons. The predicted octanol–water partition coefficient (Wildman–Crippen LogP) is 4.60. The summed E-state index contributed by atoms with van der Waals surface area (Å²) in [4.78, 5) is 15.0. The summed E-state index contributed by atoms with van der Waals surface area (Å²) >= 11 is 0. The van der Waals surface area contributed by atoms with E-state index in [1.165, 1.54) is 0 Å². The Labute approximate surface area is 167 Å². The van der Waals surface area contributed by atoms with Crippen LogP contribution in [0.15, 0.2) is 42.5 Å². The number of hydrogen-bond donors (Lipinski definition) is 1. The molecule has 150 valence electrons.